The average molecular weight is 649 g/mol. The van der Waals surface area contributed by atoms with Crippen molar-refractivity contribution in [2.45, 2.75) is 23.8 Å². The van der Waals surface area contributed by atoms with Crippen molar-refractivity contribution in [2.24, 2.45) is 5.73 Å². The van der Waals surface area contributed by atoms with Gasteiger partial charge in [-0.3, -0.25) is 19.3 Å². The summed E-state index contributed by atoms with van der Waals surface area (Å²) in [7, 11) is 0. The van der Waals surface area contributed by atoms with E-state index >= 15 is 8.78 Å². The van der Waals surface area contributed by atoms with E-state index in [-0.39, 0.29) is 57.1 Å². The molecule has 2 fully saturated rings. The normalized spacial score (nSPS) is 20.3. The zero-order chi connectivity index (χ0) is 26.6. The van der Waals surface area contributed by atoms with Crippen LogP contribution < -0.4 is 20.9 Å². The van der Waals surface area contributed by atoms with E-state index in [9.17, 15) is 23.2 Å². The van der Waals surface area contributed by atoms with E-state index in [1.807, 2.05) is 27.9 Å². The highest BCUT2D eigenvalue weighted by atomic mass is 127. The van der Waals surface area contributed by atoms with Gasteiger partial charge in [0.15, 0.2) is 11.6 Å². The van der Waals surface area contributed by atoms with Crippen molar-refractivity contribution >= 4 is 64.5 Å². The number of cyclic esters (lactones) is 1. The molecule has 0 spiro atoms. The van der Waals surface area contributed by atoms with Gasteiger partial charge in [0.1, 0.15) is 11.8 Å². The zero-order valence-corrected chi connectivity index (χ0v) is 21.8. The first-order valence-electron chi connectivity index (χ1n) is 10.7. The number of hydroxylamine groups is 2. The first-order valence-corrected chi connectivity index (χ1v) is 12.7. The fourth-order valence-corrected chi connectivity index (χ4v) is 4.01. The number of carbonyl (C=O) groups excluding carboxylic acids is 3. The number of nitrogens with zero attached hydrogens (tertiary/aromatic N) is 3. The SMILES string of the molecule is NC(S)(CI)CC(=O)N1CCN(c2c(F)cc(N3C[C@H](CNC(=O)C(F)F)OC3=O)cc2F)CCO1. The smallest absolute Gasteiger partial charge is 0.414 e. The molecular weight excluding hydrogens is 625 g/mol. The molecule has 16 heteroatoms. The van der Waals surface area contributed by atoms with Gasteiger partial charge in [-0.25, -0.2) is 18.6 Å². The number of rotatable bonds is 8. The summed E-state index contributed by atoms with van der Waals surface area (Å²) in [6.45, 7) is -0.450. The third-order valence-corrected chi connectivity index (χ3v) is 7.63. The van der Waals surface area contributed by atoms with E-state index in [4.69, 9.17) is 15.3 Å². The first kappa shape index (κ1) is 28.5. The summed E-state index contributed by atoms with van der Waals surface area (Å²) >= 11 is 6.24. The number of ether oxygens (including phenoxy) is 1. The fourth-order valence-electron chi connectivity index (χ4n) is 3.61. The highest BCUT2D eigenvalue weighted by molar-refractivity contribution is 14.1. The van der Waals surface area contributed by atoms with E-state index in [2.05, 4.69) is 12.6 Å². The number of halogens is 5. The van der Waals surface area contributed by atoms with Crippen LogP contribution in [0.3, 0.4) is 0 Å². The van der Waals surface area contributed by atoms with Gasteiger partial charge in [0.25, 0.3) is 5.91 Å². The summed E-state index contributed by atoms with van der Waals surface area (Å²) in [5.74, 6) is -3.86. The Hall–Kier alpha value is -2.05. The van der Waals surface area contributed by atoms with Crippen molar-refractivity contribution in [1.29, 1.82) is 0 Å². The number of thiol groups is 1. The van der Waals surface area contributed by atoms with Crippen LogP contribution in [0.4, 0.5) is 33.7 Å². The van der Waals surface area contributed by atoms with Crippen LogP contribution in [0, 0.1) is 11.6 Å². The van der Waals surface area contributed by atoms with Crippen LogP contribution in [0.15, 0.2) is 12.1 Å². The molecule has 3 amide bonds. The number of benzene rings is 1. The van der Waals surface area contributed by atoms with Gasteiger partial charge in [0, 0.05) is 29.6 Å². The second-order valence-electron chi connectivity index (χ2n) is 8.15. The minimum absolute atomic E-state index is 0.0226. The Bertz CT molecular complexity index is 984. The van der Waals surface area contributed by atoms with Crippen LogP contribution in [-0.2, 0) is 19.2 Å². The molecule has 36 heavy (non-hydrogen) atoms. The van der Waals surface area contributed by atoms with Gasteiger partial charge in [-0.05, 0) is 0 Å². The van der Waals surface area contributed by atoms with Crippen LogP contribution >= 0.6 is 35.2 Å². The lowest BCUT2D eigenvalue weighted by molar-refractivity contribution is -0.182. The minimum atomic E-state index is -3.23. The number of nitrogens with one attached hydrogen (secondary N) is 1. The van der Waals surface area contributed by atoms with Gasteiger partial charge in [-0.2, -0.15) is 21.4 Å². The number of amides is 3. The molecule has 0 saturated carbocycles. The second kappa shape index (κ2) is 12.0. The number of anilines is 2. The second-order valence-corrected chi connectivity index (χ2v) is 9.80. The summed E-state index contributed by atoms with van der Waals surface area (Å²) in [4.78, 5) is 42.3. The first-order chi connectivity index (χ1) is 16.9. The number of alkyl halides is 3. The minimum Gasteiger partial charge on any atom is -0.442 e. The van der Waals surface area contributed by atoms with Crippen molar-refractivity contribution in [3.05, 3.63) is 23.8 Å². The highest BCUT2D eigenvalue weighted by Crippen LogP contribution is 2.31. The molecule has 2 atom stereocenters. The largest absolute Gasteiger partial charge is 0.442 e. The Morgan fingerprint density at radius 1 is 1.25 bits per heavy atom. The highest BCUT2D eigenvalue weighted by Gasteiger charge is 2.35. The van der Waals surface area contributed by atoms with Gasteiger partial charge in [0.2, 0.25) is 5.91 Å². The summed E-state index contributed by atoms with van der Waals surface area (Å²) in [6.07, 6.45) is -5.23. The van der Waals surface area contributed by atoms with Crippen molar-refractivity contribution in [2.75, 3.05) is 53.6 Å². The molecule has 0 radical (unpaired) electrons. The lowest BCUT2D eigenvalue weighted by atomic mass is 10.2. The number of nitrogens with two attached hydrogens (primary N) is 1. The molecule has 2 aliphatic heterocycles. The zero-order valence-electron chi connectivity index (χ0n) is 18.8. The van der Waals surface area contributed by atoms with E-state index in [1.165, 1.54) is 4.90 Å². The molecule has 2 heterocycles. The Morgan fingerprint density at radius 2 is 1.92 bits per heavy atom. The molecule has 1 aromatic carbocycles. The average Bonchev–Trinajstić information content (AvgIpc) is 3.01. The third kappa shape index (κ3) is 7.04. The molecule has 1 aromatic rings. The van der Waals surface area contributed by atoms with Crippen LogP contribution in [-0.4, -0.2) is 84.1 Å². The van der Waals surface area contributed by atoms with Crippen molar-refractivity contribution < 1.29 is 41.5 Å². The number of hydrogen-bond donors (Lipinski definition) is 3. The van der Waals surface area contributed by atoms with Crippen LogP contribution in [0.25, 0.3) is 0 Å². The standard InChI is InChI=1S/C20H24F4IN5O5S/c21-13-5-11(29-9-12(35-19(29)33)8-27-18(32)17(23)24)6-14(22)16(13)28-1-2-30(34-4-3-28)15(31)7-20(26,36)10-25/h5-6,12,17,36H,1-4,7-10,26H2,(H,27,32)/t12-,20?/m0/s1. The van der Waals surface area contributed by atoms with Gasteiger partial charge in [0.05, 0.1) is 43.2 Å². The molecule has 3 rings (SSSR count). The van der Waals surface area contributed by atoms with Crippen LogP contribution in [0.2, 0.25) is 0 Å². The number of hydrogen-bond acceptors (Lipinski definition) is 8. The predicted octanol–water partition coefficient (Wildman–Crippen LogP) is 1.66. The van der Waals surface area contributed by atoms with Gasteiger partial charge in [-0.15, -0.1) is 0 Å². The monoisotopic (exact) mass is 649 g/mol. The van der Waals surface area contributed by atoms with Gasteiger partial charge >= 0.3 is 12.5 Å². The Labute approximate surface area is 222 Å². The fraction of sp³-hybridized carbons (Fsp3) is 0.550. The van der Waals surface area contributed by atoms with Crippen LogP contribution in [0.1, 0.15) is 6.42 Å². The van der Waals surface area contributed by atoms with E-state index in [1.54, 1.807) is 0 Å². The summed E-state index contributed by atoms with van der Waals surface area (Å²) in [5, 5.41) is 3.02. The molecule has 3 N–H and O–H groups in total. The van der Waals surface area contributed by atoms with E-state index in [0.29, 0.717) is 4.43 Å². The lowest BCUT2D eigenvalue weighted by Crippen LogP contribution is -2.43. The molecular formula is C20H24F4IN5O5S. The molecule has 1 unspecified atom stereocenters. The van der Waals surface area contributed by atoms with Gasteiger partial charge in [-0.1, -0.05) is 22.6 Å². The maximum absolute atomic E-state index is 15.0. The summed E-state index contributed by atoms with van der Waals surface area (Å²) in [6, 6.07) is 1.89. The molecule has 2 aliphatic rings. The number of carbonyl (C=O) groups is 3. The predicted molar refractivity (Wildman–Crippen MR) is 132 cm³/mol. The summed E-state index contributed by atoms with van der Waals surface area (Å²) < 4.78 is 60.1. The molecule has 0 aromatic heterocycles. The Kier molecular flexibility index (Phi) is 9.50. The van der Waals surface area contributed by atoms with Gasteiger partial charge < -0.3 is 20.7 Å². The quantitative estimate of drug-likeness (QED) is 0.129. The van der Waals surface area contributed by atoms with E-state index < -0.39 is 46.9 Å². The van der Waals surface area contributed by atoms with Crippen molar-refractivity contribution in [1.82, 2.24) is 10.4 Å². The third-order valence-electron chi connectivity index (χ3n) is 5.35. The Balaban J connectivity index is 1.66. The maximum Gasteiger partial charge on any atom is 0.414 e. The maximum atomic E-state index is 15.0. The molecule has 0 bridgehead atoms. The van der Waals surface area contributed by atoms with E-state index in [0.717, 1.165) is 22.1 Å². The molecule has 200 valence electrons. The topological polar surface area (TPSA) is 117 Å². The molecule has 10 nitrogen and oxygen atoms in total. The van der Waals surface area contributed by atoms with Crippen LogP contribution in [0.5, 0.6) is 0 Å². The summed E-state index contributed by atoms with van der Waals surface area (Å²) in [5.41, 5.74) is 5.40. The molecule has 0 aliphatic carbocycles. The van der Waals surface area contributed by atoms with Crippen molar-refractivity contribution in [3.8, 4) is 0 Å². The lowest BCUT2D eigenvalue weighted by Gasteiger charge is -2.26. The van der Waals surface area contributed by atoms with Crippen molar-refractivity contribution in [3.63, 3.8) is 0 Å². The molecule has 2 saturated heterocycles. The Morgan fingerprint density at radius 3 is 2.53 bits per heavy atom.